The summed E-state index contributed by atoms with van der Waals surface area (Å²) in [6, 6.07) is 0. The van der Waals surface area contributed by atoms with E-state index in [-0.39, 0.29) is 35.5 Å². The predicted octanol–water partition coefficient (Wildman–Crippen LogP) is 2.53. The largest absolute Gasteiger partial charge is 0.392 e. The molecule has 0 aromatic carbocycles. The second-order valence-corrected chi connectivity index (χ2v) is 9.64. The van der Waals surface area contributed by atoms with Gasteiger partial charge in [0, 0.05) is 51.2 Å². The lowest BCUT2D eigenvalue weighted by atomic mass is 9.73. The number of halogens is 1. The molecule has 3 aliphatic rings. The van der Waals surface area contributed by atoms with Crippen molar-refractivity contribution in [3.05, 3.63) is 0 Å². The van der Waals surface area contributed by atoms with Gasteiger partial charge in [-0.3, -0.25) is 14.7 Å². The van der Waals surface area contributed by atoms with Crippen LogP contribution in [0.4, 0.5) is 0 Å². The zero-order valence-corrected chi connectivity index (χ0v) is 22.0. The third-order valence-corrected chi connectivity index (χ3v) is 7.19. The Morgan fingerprint density at radius 2 is 1.68 bits per heavy atom. The smallest absolute Gasteiger partial charge is 0.236 e. The fourth-order valence-corrected chi connectivity index (χ4v) is 4.98. The molecular weight excluding hydrogens is 505 g/mol. The number of carbonyl (C=O) groups excluding carboxylic acids is 1. The number of hydrogen-bond acceptors (Lipinski definition) is 4. The molecule has 0 bridgehead atoms. The Kier molecular flexibility index (Phi) is 11.3. The molecule has 3 rings (SSSR count). The van der Waals surface area contributed by atoms with Crippen LogP contribution in [0.3, 0.4) is 0 Å². The van der Waals surface area contributed by atoms with Gasteiger partial charge in [-0.25, -0.2) is 0 Å². The van der Waals surface area contributed by atoms with Gasteiger partial charge in [0.05, 0.1) is 19.2 Å². The van der Waals surface area contributed by atoms with Crippen molar-refractivity contribution >= 4 is 35.8 Å². The van der Waals surface area contributed by atoms with Crippen molar-refractivity contribution in [1.82, 2.24) is 20.0 Å². The van der Waals surface area contributed by atoms with E-state index in [0.29, 0.717) is 19.0 Å². The van der Waals surface area contributed by atoms with Gasteiger partial charge in [-0.15, -0.1) is 24.0 Å². The number of aliphatic hydroxyl groups excluding tert-OH is 1. The highest BCUT2D eigenvalue weighted by Gasteiger charge is 2.35. The molecule has 2 saturated heterocycles. The highest BCUT2D eigenvalue weighted by molar-refractivity contribution is 14.0. The Labute approximate surface area is 206 Å². The van der Waals surface area contributed by atoms with Gasteiger partial charge in [0.25, 0.3) is 0 Å². The van der Waals surface area contributed by atoms with E-state index in [2.05, 4.69) is 33.9 Å². The minimum atomic E-state index is -0.250. The Hall–Kier alpha value is -0.610. The van der Waals surface area contributed by atoms with Crippen LogP contribution in [-0.2, 0) is 4.79 Å². The molecule has 2 heterocycles. The van der Waals surface area contributed by atoms with Crippen molar-refractivity contribution in [3.63, 3.8) is 0 Å². The van der Waals surface area contributed by atoms with Crippen LogP contribution < -0.4 is 5.32 Å². The maximum atomic E-state index is 12.7. The number of nitrogens with one attached hydrogen (secondary N) is 1. The van der Waals surface area contributed by atoms with E-state index in [1.54, 1.807) is 0 Å². The molecule has 0 radical (unpaired) electrons. The molecule has 31 heavy (non-hydrogen) atoms. The second kappa shape index (κ2) is 13.2. The van der Waals surface area contributed by atoms with E-state index in [9.17, 15) is 9.90 Å². The molecule has 3 fully saturated rings. The van der Waals surface area contributed by atoms with Crippen molar-refractivity contribution < 1.29 is 9.90 Å². The zero-order chi connectivity index (χ0) is 21.4. The summed E-state index contributed by atoms with van der Waals surface area (Å²) in [5.74, 6) is 1.25. The Morgan fingerprint density at radius 1 is 1.00 bits per heavy atom. The molecular formula is C23H44IN5O2. The van der Waals surface area contributed by atoms with Gasteiger partial charge in [-0.05, 0) is 32.6 Å². The maximum Gasteiger partial charge on any atom is 0.236 e. The molecule has 2 atom stereocenters. The minimum Gasteiger partial charge on any atom is -0.392 e. The summed E-state index contributed by atoms with van der Waals surface area (Å²) in [6.45, 7) is 11.8. The zero-order valence-electron chi connectivity index (χ0n) is 19.7. The number of aliphatic imine (C=N–C) groups is 1. The first-order chi connectivity index (χ1) is 14.5. The number of aliphatic hydroxyl groups is 1. The van der Waals surface area contributed by atoms with Crippen molar-refractivity contribution in [2.75, 3.05) is 58.9 Å². The summed E-state index contributed by atoms with van der Waals surface area (Å²) in [5.41, 5.74) is -0.111. The van der Waals surface area contributed by atoms with E-state index in [4.69, 9.17) is 4.99 Å². The summed E-state index contributed by atoms with van der Waals surface area (Å²) in [6.07, 6.45) is 8.80. The van der Waals surface area contributed by atoms with Crippen LogP contribution in [0.15, 0.2) is 4.99 Å². The predicted molar refractivity (Wildman–Crippen MR) is 137 cm³/mol. The Morgan fingerprint density at radius 3 is 2.29 bits per heavy atom. The topological polar surface area (TPSA) is 71.4 Å². The first-order valence-corrected chi connectivity index (χ1v) is 12.2. The first-order valence-electron chi connectivity index (χ1n) is 12.2. The van der Waals surface area contributed by atoms with Gasteiger partial charge in [-0.2, -0.15) is 0 Å². The summed E-state index contributed by atoms with van der Waals surface area (Å²) in [7, 11) is 0. The molecule has 1 saturated carbocycles. The number of carbonyl (C=O) groups is 1. The highest BCUT2D eigenvalue weighted by atomic mass is 127. The molecule has 7 nitrogen and oxygen atoms in total. The van der Waals surface area contributed by atoms with E-state index in [1.807, 2.05) is 0 Å². The van der Waals surface area contributed by atoms with Gasteiger partial charge < -0.3 is 20.2 Å². The molecule has 2 unspecified atom stereocenters. The number of guanidine groups is 1. The summed E-state index contributed by atoms with van der Waals surface area (Å²) < 4.78 is 0. The molecule has 2 aliphatic heterocycles. The summed E-state index contributed by atoms with van der Waals surface area (Å²) >= 11 is 0. The first kappa shape index (κ1) is 26.6. The standard InChI is InChI=1S/C23H43N5O2.HI/c1-3-24-22(25-19-23(2)11-7-6-10-20(23)29)28-16-14-26(15-17-28)18-21(30)27-12-8-4-5-9-13-27;/h20,29H,3-19H2,1-2H3,(H,24,25);1H. The van der Waals surface area contributed by atoms with Gasteiger partial charge >= 0.3 is 0 Å². The van der Waals surface area contributed by atoms with Gasteiger partial charge in [0.2, 0.25) is 5.91 Å². The minimum absolute atomic E-state index is 0. The van der Waals surface area contributed by atoms with Crippen LogP contribution in [0.25, 0.3) is 0 Å². The van der Waals surface area contributed by atoms with Crippen LogP contribution in [-0.4, -0.2) is 96.7 Å². The van der Waals surface area contributed by atoms with Crippen molar-refractivity contribution in [2.24, 2.45) is 10.4 Å². The normalized spacial score (nSPS) is 28.6. The van der Waals surface area contributed by atoms with Gasteiger partial charge in [0.15, 0.2) is 5.96 Å². The SMILES string of the molecule is CCNC(=NCC1(C)CCCCC1O)N1CCN(CC(=O)N2CCCCCC2)CC1.I. The highest BCUT2D eigenvalue weighted by Crippen LogP contribution is 2.36. The number of nitrogens with zero attached hydrogens (tertiary/aromatic N) is 4. The summed E-state index contributed by atoms with van der Waals surface area (Å²) in [5, 5.41) is 13.9. The summed E-state index contributed by atoms with van der Waals surface area (Å²) in [4.78, 5) is 24.3. The average Bonchev–Trinajstić information content (AvgIpc) is 3.04. The number of amides is 1. The van der Waals surface area contributed by atoms with Crippen LogP contribution >= 0.6 is 24.0 Å². The molecule has 0 aromatic heterocycles. The van der Waals surface area contributed by atoms with E-state index in [1.165, 1.54) is 19.3 Å². The van der Waals surface area contributed by atoms with Gasteiger partial charge in [0.1, 0.15) is 0 Å². The lowest BCUT2D eigenvalue weighted by molar-refractivity contribution is -0.132. The van der Waals surface area contributed by atoms with Crippen molar-refractivity contribution in [3.8, 4) is 0 Å². The molecule has 0 spiro atoms. The van der Waals surface area contributed by atoms with E-state index >= 15 is 0 Å². The van der Waals surface area contributed by atoms with Crippen LogP contribution in [0, 0.1) is 5.41 Å². The quantitative estimate of drug-likeness (QED) is 0.314. The third kappa shape index (κ3) is 7.74. The second-order valence-electron chi connectivity index (χ2n) is 9.64. The fourth-order valence-electron chi connectivity index (χ4n) is 4.98. The molecule has 1 aliphatic carbocycles. The monoisotopic (exact) mass is 549 g/mol. The fraction of sp³-hybridized carbons (Fsp3) is 0.913. The molecule has 2 N–H and O–H groups in total. The van der Waals surface area contributed by atoms with Gasteiger partial charge in [-0.1, -0.05) is 32.6 Å². The van der Waals surface area contributed by atoms with Crippen molar-refractivity contribution in [1.29, 1.82) is 0 Å². The molecule has 0 aromatic rings. The Bertz CT molecular complexity index is 574. The lowest BCUT2D eigenvalue weighted by Gasteiger charge is -2.39. The number of hydrogen-bond donors (Lipinski definition) is 2. The molecule has 180 valence electrons. The molecule has 1 amide bonds. The van der Waals surface area contributed by atoms with Crippen LogP contribution in [0.2, 0.25) is 0 Å². The van der Waals surface area contributed by atoms with Crippen molar-refractivity contribution in [2.45, 2.75) is 71.3 Å². The maximum absolute atomic E-state index is 12.7. The number of likely N-dealkylation sites (tertiary alicyclic amines) is 1. The third-order valence-electron chi connectivity index (χ3n) is 7.19. The van der Waals surface area contributed by atoms with Crippen LogP contribution in [0.5, 0.6) is 0 Å². The number of piperazine rings is 1. The Balaban J connectivity index is 0.00000341. The van der Waals surface area contributed by atoms with E-state index in [0.717, 1.165) is 83.9 Å². The van der Waals surface area contributed by atoms with Crippen LogP contribution in [0.1, 0.15) is 65.2 Å². The number of rotatable bonds is 5. The lowest BCUT2D eigenvalue weighted by Crippen LogP contribution is -2.54. The van der Waals surface area contributed by atoms with E-state index < -0.39 is 0 Å². The average molecular weight is 550 g/mol. The molecule has 8 heteroatoms.